The number of hydrogen-bond acceptors (Lipinski definition) is 8. The normalized spacial score (nSPS) is 13.2. The molecule has 0 unspecified atom stereocenters. The molecule has 3 aromatic heterocycles. The SMILES string of the molecule is CN(C)CC(=O)N1CCc2c(sc3ncnc(Nc4ccc(OCc5ccccn5)c(Cl)c4)c23)C1. The van der Waals surface area contributed by atoms with Gasteiger partial charge in [-0.05, 0) is 56.4 Å². The van der Waals surface area contributed by atoms with Crippen LogP contribution in [0, 0.1) is 0 Å². The van der Waals surface area contributed by atoms with Crippen LogP contribution in [0.3, 0.4) is 0 Å². The first kappa shape index (κ1) is 23.5. The highest BCUT2D eigenvalue weighted by atomic mass is 35.5. The molecule has 1 aliphatic heterocycles. The van der Waals surface area contributed by atoms with Crippen molar-refractivity contribution in [1.82, 2.24) is 24.8 Å². The third-order valence-corrected chi connectivity index (χ3v) is 7.16. The van der Waals surface area contributed by atoms with E-state index in [2.05, 4.69) is 20.3 Å². The van der Waals surface area contributed by atoms with Gasteiger partial charge in [-0.1, -0.05) is 17.7 Å². The number of hydrogen-bond donors (Lipinski definition) is 1. The van der Waals surface area contributed by atoms with Crippen molar-refractivity contribution in [2.75, 3.05) is 32.5 Å². The van der Waals surface area contributed by atoms with Crippen LogP contribution in [0.25, 0.3) is 10.2 Å². The highest BCUT2D eigenvalue weighted by Crippen LogP contribution is 2.38. The van der Waals surface area contributed by atoms with E-state index in [4.69, 9.17) is 16.3 Å². The first-order valence-corrected chi connectivity index (χ1v) is 12.4. The number of anilines is 2. The predicted octanol–water partition coefficient (Wildman–Crippen LogP) is 4.51. The molecule has 8 nitrogen and oxygen atoms in total. The van der Waals surface area contributed by atoms with Crippen molar-refractivity contribution in [1.29, 1.82) is 0 Å². The third kappa shape index (κ3) is 5.22. The lowest BCUT2D eigenvalue weighted by Crippen LogP contribution is -2.40. The standard InChI is InChI=1S/C25H25ClN6O2S/c1-31(2)13-22(33)32-10-8-18-21(12-32)35-25-23(18)24(28-15-29-25)30-16-6-7-20(19(26)11-16)34-14-17-5-3-4-9-27-17/h3-7,9,11,15H,8,10,12-14H2,1-2H3,(H,28,29,30). The topological polar surface area (TPSA) is 83.5 Å². The van der Waals surface area contributed by atoms with E-state index in [9.17, 15) is 4.79 Å². The smallest absolute Gasteiger partial charge is 0.237 e. The summed E-state index contributed by atoms with van der Waals surface area (Å²) >= 11 is 8.12. The maximum Gasteiger partial charge on any atom is 0.237 e. The molecular formula is C25H25ClN6O2S. The van der Waals surface area contributed by atoms with E-state index < -0.39 is 0 Å². The zero-order valence-electron chi connectivity index (χ0n) is 19.5. The van der Waals surface area contributed by atoms with E-state index >= 15 is 0 Å². The number of pyridine rings is 1. The van der Waals surface area contributed by atoms with Crippen molar-refractivity contribution in [3.8, 4) is 5.75 Å². The van der Waals surface area contributed by atoms with Gasteiger partial charge in [0, 0.05) is 23.3 Å². The van der Waals surface area contributed by atoms with Crippen LogP contribution in [0.2, 0.25) is 5.02 Å². The Morgan fingerprint density at radius 3 is 2.89 bits per heavy atom. The number of nitrogens with zero attached hydrogens (tertiary/aromatic N) is 5. The molecule has 1 amide bonds. The van der Waals surface area contributed by atoms with Crippen LogP contribution in [0.1, 0.15) is 16.1 Å². The fraction of sp³-hybridized carbons (Fsp3) is 0.280. The molecule has 1 aliphatic rings. The van der Waals surface area contributed by atoms with Gasteiger partial charge in [0.1, 0.15) is 29.3 Å². The van der Waals surface area contributed by atoms with Gasteiger partial charge >= 0.3 is 0 Å². The summed E-state index contributed by atoms with van der Waals surface area (Å²) in [6.07, 6.45) is 4.07. The molecule has 0 fully saturated rings. The molecule has 4 aromatic rings. The van der Waals surface area contributed by atoms with Crippen LogP contribution in [0.4, 0.5) is 11.5 Å². The van der Waals surface area contributed by atoms with Crippen molar-refractivity contribution in [2.24, 2.45) is 0 Å². The molecule has 0 aliphatic carbocycles. The van der Waals surface area contributed by atoms with E-state index in [1.807, 2.05) is 60.3 Å². The van der Waals surface area contributed by atoms with Gasteiger partial charge in [0.15, 0.2) is 0 Å². The Bertz CT molecular complexity index is 1360. The second kappa shape index (κ2) is 10.2. The summed E-state index contributed by atoms with van der Waals surface area (Å²) in [5, 5.41) is 4.91. The first-order chi connectivity index (χ1) is 17.0. The highest BCUT2D eigenvalue weighted by Gasteiger charge is 2.26. The minimum atomic E-state index is 0.141. The number of aromatic nitrogens is 3. The van der Waals surface area contributed by atoms with Gasteiger partial charge < -0.3 is 19.9 Å². The minimum Gasteiger partial charge on any atom is -0.486 e. The van der Waals surface area contributed by atoms with E-state index in [1.54, 1.807) is 23.9 Å². The first-order valence-electron chi connectivity index (χ1n) is 11.2. The summed E-state index contributed by atoms with van der Waals surface area (Å²) in [5.41, 5.74) is 2.85. The Labute approximate surface area is 212 Å². The summed E-state index contributed by atoms with van der Waals surface area (Å²) < 4.78 is 5.83. The Morgan fingerprint density at radius 1 is 1.23 bits per heavy atom. The number of likely N-dealkylation sites (N-methyl/N-ethyl adjacent to an activating group) is 1. The number of halogens is 1. The molecule has 35 heavy (non-hydrogen) atoms. The molecule has 0 saturated carbocycles. The predicted molar refractivity (Wildman–Crippen MR) is 138 cm³/mol. The Balaban J connectivity index is 1.34. The fourth-order valence-corrected chi connectivity index (χ4v) is 5.51. The van der Waals surface area contributed by atoms with Crippen LogP contribution in [0.15, 0.2) is 48.9 Å². The van der Waals surface area contributed by atoms with Gasteiger partial charge in [-0.2, -0.15) is 0 Å². The second-order valence-electron chi connectivity index (χ2n) is 8.59. The maximum absolute atomic E-state index is 12.6. The highest BCUT2D eigenvalue weighted by molar-refractivity contribution is 7.19. The Hall–Kier alpha value is -3.27. The molecule has 1 N–H and O–H groups in total. The molecule has 0 bridgehead atoms. The van der Waals surface area contributed by atoms with Crippen LogP contribution in [-0.2, 0) is 24.4 Å². The second-order valence-corrected chi connectivity index (χ2v) is 10.1. The number of ether oxygens (including phenoxy) is 1. The lowest BCUT2D eigenvalue weighted by atomic mass is 10.0. The molecule has 0 atom stereocenters. The van der Waals surface area contributed by atoms with Crippen molar-refractivity contribution in [3.05, 3.63) is 70.1 Å². The lowest BCUT2D eigenvalue weighted by molar-refractivity contribution is -0.132. The summed E-state index contributed by atoms with van der Waals surface area (Å²) in [7, 11) is 3.82. The number of carbonyl (C=O) groups excluding carboxylic acids is 1. The van der Waals surface area contributed by atoms with Crippen molar-refractivity contribution >= 4 is 50.6 Å². The van der Waals surface area contributed by atoms with E-state index in [1.165, 1.54) is 10.4 Å². The zero-order valence-corrected chi connectivity index (χ0v) is 21.1. The van der Waals surface area contributed by atoms with Gasteiger partial charge in [-0.15, -0.1) is 11.3 Å². The molecule has 0 spiro atoms. The average Bonchev–Trinajstić information content (AvgIpc) is 3.22. The summed E-state index contributed by atoms with van der Waals surface area (Å²) in [6, 6.07) is 11.3. The van der Waals surface area contributed by atoms with Crippen molar-refractivity contribution in [2.45, 2.75) is 19.6 Å². The van der Waals surface area contributed by atoms with E-state index in [0.717, 1.165) is 33.8 Å². The van der Waals surface area contributed by atoms with Gasteiger partial charge in [0.2, 0.25) is 5.91 Å². The number of thiophene rings is 1. The molecule has 1 aromatic carbocycles. The van der Waals surface area contributed by atoms with Gasteiger partial charge in [0.05, 0.1) is 29.2 Å². The van der Waals surface area contributed by atoms with Crippen molar-refractivity contribution < 1.29 is 9.53 Å². The van der Waals surface area contributed by atoms with Gasteiger partial charge in [0.25, 0.3) is 0 Å². The molecule has 4 heterocycles. The summed E-state index contributed by atoms with van der Waals surface area (Å²) in [6.45, 7) is 2.05. The number of nitrogens with one attached hydrogen (secondary N) is 1. The zero-order chi connectivity index (χ0) is 24.4. The van der Waals surface area contributed by atoms with Gasteiger partial charge in [-0.3, -0.25) is 9.78 Å². The number of fused-ring (bicyclic) bond motifs is 3. The number of benzene rings is 1. The fourth-order valence-electron chi connectivity index (χ4n) is 4.07. The average molecular weight is 509 g/mol. The van der Waals surface area contributed by atoms with Crippen LogP contribution < -0.4 is 10.1 Å². The number of rotatable bonds is 7. The molecule has 5 rings (SSSR count). The van der Waals surface area contributed by atoms with Gasteiger partial charge in [-0.25, -0.2) is 9.97 Å². The summed E-state index contributed by atoms with van der Waals surface area (Å²) in [5.74, 6) is 1.47. The van der Waals surface area contributed by atoms with Crippen LogP contribution in [0.5, 0.6) is 5.75 Å². The quantitative estimate of drug-likeness (QED) is 0.393. The molecular weight excluding hydrogens is 484 g/mol. The monoisotopic (exact) mass is 508 g/mol. The Morgan fingerprint density at radius 2 is 2.11 bits per heavy atom. The summed E-state index contributed by atoms with van der Waals surface area (Å²) in [4.78, 5) is 31.7. The van der Waals surface area contributed by atoms with Crippen molar-refractivity contribution in [3.63, 3.8) is 0 Å². The maximum atomic E-state index is 12.6. The number of carbonyl (C=O) groups is 1. The molecule has 10 heteroatoms. The van der Waals surface area contributed by atoms with E-state index in [0.29, 0.717) is 37.0 Å². The van der Waals surface area contributed by atoms with Crippen LogP contribution >= 0.6 is 22.9 Å². The molecule has 180 valence electrons. The van der Waals surface area contributed by atoms with Crippen LogP contribution in [-0.4, -0.2) is 57.8 Å². The Kier molecular flexibility index (Phi) is 6.81. The van der Waals surface area contributed by atoms with E-state index in [-0.39, 0.29) is 5.91 Å². The minimum absolute atomic E-state index is 0.141. The lowest BCUT2D eigenvalue weighted by Gasteiger charge is -2.28. The number of amides is 1. The molecule has 0 radical (unpaired) electrons. The third-order valence-electron chi connectivity index (χ3n) is 5.74. The largest absolute Gasteiger partial charge is 0.486 e. The molecule has 0 saturated heterocycles.